The molecule has 35 heavy (non-hydrogen) atoms. The molecule has 0 aromatic carbocycles. The molecule has 190 valence electrons. The number of nitrogens with zero attached hydrogens (tertiary/aromatic N) is 6. The van der Waals surface area contributed by atoms with Crippen LogP contribution in [0.15, 0.2) is 18.3 Å². The molecular weight excluding hydrogens is 470 g/mol. The number of hydrogen-bond acceptors (Lipinski definition) is 9. The molecule has 2 aromatic heterocycles. The monoisotopic (exact) mass is 497 g/mol. The minimum atomic E-state index is -3.07. The van der Waals surface area contributed by atoms with E-state index < -0.39 is 19.1 Å². The fourth-order valence-electron chi connectivity index (χ4n) is 4.76. The van der Waals surface area contributed by atoms with Crippen LogP contribution >= 0.6 is 0 Å². The molecule has 0 saturated carbocycles. The molecule has 0 radical (unpaired) electrons. The van der Waals surface area contributed by atoms with E-state index in [4.69, 9.17) is 10.5 Å². The summed E-state index contributed by atoms with van der Waals surface area (Å²) in [6, 6.07) is 3.38. The third-order valence-electron chi connectivity index (χ3n) is 6.60. The summed E-state index contributed by atoms with van der Waals surface area (Å²) in [5.41, 5.74) is 6.41. The Morgan fingerprint density at radius 1 is 1.09 bits per heavy atom. The second kappa shape index (κ2) is 9.61. The molecule has 0 spiro atoms. The summed E-state index contributed by atoms with van der Waals surface area (Å²) < 4.78 is 63.4. The first-order valence-corrected chi connectivity index (χ1v) is 11.6. The highest BCUT2D eigenvalue weighted by Gasteiger charge is 2.40. The fraction of sp³-hybridized carbons (Fsp3) is 0.591. The highest BCUT2D eigenvalue weighted by atomic mass is 19.3. The molecule has 2 N–H and O–H groups in total. The van der Waals surface area contributed by atoms with E-state index in [1.807, 2.05) is 0 Å². The number of alkyl halides is 4. The number of halogens is 4. The predicted molar refractivity (Wildman–Crippen MR) is 121 cm³/mol. The van der Waals surface area contributed by atoms with Crippen molar-refractivity contribution in [3.05, 3.63) is 18.3 Å². The molecule has 1 atom stereocenters. The van der Waals surface area contributed by atoms with E-state index >= 15 is 0 Å². The molecule has 5 heterocycles. The van der Waals surface area contributed by atoms with Gasteiger partial charge in [0, 0.05) is 63.0 Å². The Bertz CT molecular complexity index is 1050. The summed E-state index contributed by atoms with van der Waals surface area (Å²) in [7, 11) is 0. The van der Waals surface area contributed by atoms with Gasteiger partial charge in [-0.2, -0.15) is 13.8 Å². The van der Waals surface area contributed by atoms with Crippen molar-refractivity contribution in [3.63, 3.8) is 0 Å². The SMILES string of the molecule is Nc1ncc(-c2cc(N3CCC(N4CCOCC4)C3)nc(N3CCC(F)(F)C3)n2)cc1OC(F)F. The third kappa shape index (κ3) is 5.35. The Balaban J connectivity index is 1.47. The first kappa shape index (κ1) is 23.8. The van der Waals surface area contributed by atoms with Crippen LogP contribution in [-0.4, -0.2) is 90.9 Å². The second-order valence-electron chi connectivity index (χ2n) is 8.96. The summed E-state index contributed by atoms with van der Waals surface area (Å²) in [5, 5.41) is 0. The lowest BCUT2D eigenvalue weighted by atomic mass is 10.2. The number of ether oxygens (including phenoxy) is 2. The van der Waals surface area contributed by atoms with Crippen molar-refractivity contribution in [2.45, 2.75) is 31.4 Å². The average molecular weight is 497 g/mol. The van der Waals surface area contributed by atoms with Crippen molar-refractivity contribution < 1.29 is 27.0 Å². The van der Waals surface area contributed by atoms with E-state index in [0.717, 1.165) is 32.6 Å². The van der Waals surface area contributed by atoms with Crippen LogP contribution in [0.2, 0.25) is 0 Å². The van der Waals surface area contributed by atoms with Gasteiger partial charge in [0.2, 0.25) is 5.95 Å². The Labute approximate surface area is 199 Å². The number of rotatable bonds is 6. The van der Waals surface area contributed by atoms with Crippen LogP contribution in [0.1, 0.15) is 12.8 Å². The maximum atomic E-state index is 13.9. The van der Waals surface area contributed by atoms with Crippen molar-refractivity contribution in [3.8, 4) is 17.0 Å². The summed E-state index contributed by atoms with van der Waals surface area (Å²) in [6.45, 7) is 1.18. The van der Waals surface area contributed by atoms with Crippen LogP contribution in [0.5, 0.6) is 5.75 Å². The zero-order valence-corrected chi connectivity index (χ0v) is 19.0. The molecular formula is C22H27F4N7O2. The lowest BCUT2D eigenvalue weighted by Gasteiger charge is -2.32. The van der Waals surface area contributed by atoms with Gasteiger partial charge in [0.25, 0.3) is 5.92 Å². The molecule has 3 aliphatic rings. The molecule has 0 aliphatic carbocycles. The maximum absolute atomic E-state index is 13.9. The number of hydrogen-bond donors (Lipinski definition) is 1. The fourth-order valence-corrected chi connectivity index (χ4v) is 4.76. The van der Waals surface area contributed by atoms with Crippen molar-refractivity contribution in [1.29, 1.82) is 0 Å². The van der Waals surface area contributed by atoms with Gasteiger partial charge in [-0.3, -0.25) is 4.90 Å². The topological polar surface area (TPSA) is 92.9 Å². The van der Waals surface area contributed by atoms with Gasteiger partial charge in [-0.05, 0) is 12.5 Å². The number of aromatic nitrogens is 3. The van der Waals surface area contributed by atoms with Gasteiger partial charge >= 0.3 is 6.61 Å². The molecule has 13 heteroatoms. The van der Waals surface area contributed by atoms with Gasteiger partial charge < -0.3 is 25.0 Å². The summed E-state index contributed by atoms with van der Waals surface area (Å²) >= 11 is 0. The van der Waals surface area contributed by atoms with Gasteiger partial charge in [0.15, 0.2) is 11.6 Å². The zero-order chi connectivity index (χ0) is 24.6. The van der Waals surface area contributed by atoms with Crippen molar-refractivity contribution in [2.75, 3.05) is 68.0 Å². The molecule has 1 unspecified atom stereocenters. The van der Waals surface area contributed by atoms with E-state index in [1.54, 1.807) is 6.07 Å². The van der Waals surface area contributed by atoms with Crippen molar-refractivity contribution in [2.24, 2.45) is 0 Å². The van der Waals surface area contributed by atoms with Crippen LogP contribution < -0.4 is 20.3 Å². The van der Waals surface area contributed by atoms with Crippen LogP contribution in [0.4, 0.5) is 35.1 Å². The quantitative estimate of drug-likeness (QED) is 0.605. The number of morpholine rings is 1. The lowest BCUT2D eigenvalue weighted by Crippen LogP contribution is -2.44. The van der Waals surface area contributed by atoms with Crippen molar-refractivity contribution in [1.82, 2.24) is 19.9 Å². The van der Waals surface area contributed by atoms with E-state index in [1.165, 1.54) is 17.2 Å². The van der Waals surface area contributed by atoms with Gasteiger partial charge in [0.05, 0.1) is 25.5 Å². The molecule has 3 aliphatic heterocycles. The van der Waals surface area contributed by atoms with E-state index in [-0.39, 0.29) is 30.5 Å². The van der Waals surface area contributed by atoms with Crippen LogP contribution in [-0.2, 0) is 4.74 Å². The molecule has 5 rings (SSSR count). The number of nitrogens with two attached hydrogens (primary N) is 1. The average Bonchev–Trinajstić information content (AvgIpc) is 3.47. The molecule has 3 fully saturated rings. The zero-order valence-electron chi connectivity index (χ0n) is 19.0. The van der Waals surface area contributed by atoms with E-state index in [2.05, 4.69) is 29.5 Å². The van der Waals surface area contributed by atoms with Gasteiger partial charge in [-0.15, -0.1) is 0 Å². The van der Waals surface area contributed by atoms with Crippen LogP contribution in [0, 0.1) is 0 Å². The first-order chi connectivity index (χ1) is 16.8. The smallest absolute Gasteiger partial charge is 0.387 e. The molecule has 0 amide bonds. The molecule has 0 bridgehead atoms. The number of nitrogen functional groups attached to an aromatic ring is 1. The highest BCUT2D eigenvalue weighted by molar-refractivity contribution is 5.68. The van der Waals surface area contributed by atoms with Crippen LogP contribution in [0.25, 0.3) is 11.3 Å². The molecule has 2 aromatic rings. The third-order valence-corrected chi connectivity index (χ3v) is 6.60. The summed E-state index contributed by atoms with van der Waals surface area (Å²) in [6.07, 6.45) is 2.05. The minimum absolute atomic E-state index is 0.117. The standard InChI is InChI=1S/C22H27F4N7O2/c23-20(24)35-17-9-14(11-28-19(17)27)16-10-18(30-21(29-16)33-4-2-22(25,26)13-33)32-3-1-15(12-32)31-5-7-34-8-6-31/h9-11,15,20H,1-8,12-13H2,(H2,27,28). The van der Waals surface area contributed by atoms with Crippen molar-refractivity contribution >= 4 is 17.6 Å². The normalized spacial score (nSPS) is 22.8. The Morgan fingerprint density at radius 2 is 1.89 bits per heavy atom. The second-order valence-corrected chi connectivity index (χ2v) is 8.96. The predicted octanol–water partition coefficient (Wildman–Crippen LogP) is 2.48. The maximum Gasteiger partial charge on any atom is 0.387 e. The highest BCUT2D eigenvalue weighted by Crippen LogP contribution is 2.34. The van der Waals surface area contributed by atoms with E-state index in [9.17, 15) is 17.6 Å². The van der Waals surface area contributed by atoms with Crippen LogP contribution in [0.3, 0.4) is 0 Å². The van der Waals surface area contributed by atoms with Gasteiger partial charge in [-0.25, -0.2) is 18.7 Å². The Kier molecular flexibility index (Phi) is 6.53. The molecule has 3 saturated heterocycles. The Hall–Kier alpha value is -2.93. The number of pyridine rings is 1. The van der Waals surface area contributed by atoms with E-state index in [0.29, 0.717) is 36.3 Å². The minimum Gasteiger partial charge on any atom is -0.431 e. The molecule has 9 nitrogen and oxygen atoms in total. The number of anilines is 3. The van der Waals surface area contributed by atoms with Gasteiger partial charge in [-0.1, -0.05) is 0 Å². The Morgan fingerprint density at radius 3 is 2.60 bits per heavy atom. The summed E-state index contributed by atoms with van der Waals surface area (Å²) in [4.78, 5) is 19.0. The summed E-state index contributed by atoms with van der Waals surface area (Å²) in [5.74, 6) is -2.53. The van der Waals surface area contributed by atoms with Gasteiger partial charge in [0.1, 0.15) is 5.82 Å². The lowest BCUT2D eigenvalue weighted by molar-refractivity contribution is -0.0494. The first-order valence-electron chi connectivity index (χ1n) is 11.6. The largest absolute Gasteiger partial charge is 0.431 e.